The van der Waals surface area contributed by atoms with E-state index in [0.717, 1.165) is 34.5 Å². The van der Waals surface area contributed by atoms with Crippen molar-refractivity contribution in [1.82, 2.24) is 0 Å². The van der Waals surface area contributed by atoms with Gasteiger partial charge >= 0.3 is 0 Å². The third kappa shape index (κ3) is 3.09. The molecule has 1 aliphatic rings. The largest absolute Gasteiger partial charge is 0.493 e. The number of aryl methyl sites for hydroxylation is 2. The van der Waals surface area contributed by atoms with Crippen molar-refractivity contribution in [3.63, 3.8) is 0 Å². The van der Waals surface area contributed by atoms with Gasteiger partial charge in [0.15, 0.2) is 0 Å². The molecular weight excluding hydrogens is 286 g/mol. The van der Waals surface area contributed by atoms with Gasteiger partial charge in [-0.1, -0.05) is 42.8 Å². The maximum atomic E-state index is 12.5. The molecule has 0 aromatic heterocycles. The second-order valence-corrected chi connectivity index (χ2v) is 6.25. The van der Waals surface area contributed by atoms with Crippen LogP contribution in [0.15, 0.2) is 36.4 Å². The van der Waals surface area contributed by atoms with Gasteiger partial charge in [-0.25, -0.2) is 0 Å². The van der Waals surface area contributed by atoms with Gasteiger partial charge in [-0.3, -0.25) is 4.79 Å². The minimum Gasteiger partial charge on any atom is -0.493 e. The van der Waals surface area contributed by atoms with E-state index in [9.17, 15) is 4.79 Å². The summed E-state index contributed by atoms with van der Waals surface area (Å²) in [5.74, 6) is 0.828. The Labute approximate surface area is 137 Å². The average Bonchev–Trinajstić information content (AvgIpc) is 2.83. The number of para-hydroxylation sites is 1. The van der Waals surface area contributed by atoms with Crippen LogP contribution in [0.25, 0.3) is 0 Å². The number of carbonyl (C=O) groups excluding carboxylic acids is 1. The second kappa shape index (κ2) is 6.45. The fraction of sp³-hybridized carbons (Fsp3) is 0.350. The van der Waals surface area contributed by atoms with Gasteiger partial charge < -0.3 is 10.1 Å². The monoisotopic (exact) mass is 309 g/mol. The molecule has 1 heterocycles. The normalized spacial score (nSPS) is 16.1. The van der Waals surface area contributed by atoms with Crippen molar-refractivity contribution in [2.75, 3.05) is 11.9 Å². The molecule has 1 aliphatic heterocycles. The SMILES string of the molecule is CCCOc1ccccc1C[C@H]1C(=O)Nc2c(C)cc(C)cc21. The first-order valence-electron chi connectivity index (χ1n) is 8.23. The second-order valence-electron chi connectivity index (χ2n) is 6.25. The van der Waals surface area contributed by atoms with Gasteiger partial charge in [-0.15, -0.1) is 0 Å². The quantitative estimate of drug-likeness (QED) is 0.890. The van der Waals surface area contributed by atoms with E-state index >= 15 is 0 Å². The highest BCUT2D eigenvalue weighted by molar-refractivity contribution is 6.04. The number of carbonyl (C=O) groups is 1. The maximum absolute atomic E-state index is 12.5. The predicted molar refractivity (Wildman–Crippen MR) is 93.2 cm³/mol. The predicted octanol–water partition coefficient (Wildman–Crippen LogP) is 4.37. The number of nitrogens with one attached hydrogen (secondary N) is 1. The number of hydrogen-bond acceptors (Lipinski definition) is 2. The maximum Gasteiger partial charge on any atom is 0.232 e. The van der Waals surface area contributed by atoms with E-state index in [1.54, 1.807) is 0 Å². The molecule has 2 aromatic carbocycles. The summed E-state index contributed by atoms with van der Waals surface area (Å²) < 4.78 is 5.84. The summed E-state index contributed by atoms with van der Waals surface area (Å²) in [6.45, 7) is 6.91. The minimum atomic E-state index is -0.144. The van der Waals surface area contributed by atoms with Gasteiger partial charge in [-0.05, 0) is 49.4 Å². The molecule has 0 radical (unpaired) electrons. The Morgan fingerprint density at radius 3 is 2.74 bits per heavy atom. The first-order valence-corrected chi connectivity index (χ1v) is 8.23. The molecule has 3 rings (SSSR count). The molecule has 0 unspecified atom stereocenters. The molecule has 0 fully saturated rings. The molecular formula is C20H23NO2. The third-order valence-electron chi connectivity index (χ3n) is 4.31. The molecule has 0 saturated carbocycles. The lowest BCUT2D eigenvalue weighted by Gasteiger charge is -2.14. The fourth-order valence-corrected chi connectivity index (χ4v) is 3.25. The zero-order valence-electron chi connectivity index (χ0n) is 14.0. The fourth-order valence-electron chi connectivity index (χ4n) is 3.25. The first-order chi connectivity index (χ1) is 11.1. The van der Waals surface area contributed by atoms with Crippen LogP contribution in [0, 0.1) is 13.8 Å². The summed E-state index contributed by atoms with van der Waals surface area (Å²) in [5, 5.41) is 3.05. The Balaban J connectivity index is 1.92. The molecule has 120 valence electrons. The van der Waals surface area contributed by atoms with Crippen molar-refractivity contribution in [1.29, 1.82) is 0 Å². The first kappa shape index (κ1) is 15.6. The molecule has 2 aromatic rings. The Morgan fingerprint density at radius 1 is 1.17 bits per heavy atom. The number of fused-ring (bicyclic) bond motifs is 1. The smallest absolute Gasteiger partial charge is 0.232 e. The van der Waals surface area contributed by atoms with Crippen LogP contribution in [0.5, 0.6) is 5.75 Å². The van der Waals surface area contributed by atoms with Crippen LogP contribution < -0.4 is 10.1 Å². The van der Waals surface area contributed by atoms with Crippen molar-refractivity contribution in [2.24, 2.45) is 0 Å². The van der Waals surface area contributed by atoms with Crippen LogP contribution >= 0.6 is 0 Å². The third-order valence-corrected chi connectivity index (χ3v) is 4.31. The zero-order chi connectivity index (χ0) is 16.4. The van der Waals surface area contributed by atoms with Crippen molar-refractivity contribution >= 4 is 11.6 Å². The topological polar surface area (TPSA) is 38.3 Å². The van der Waals surface area contributed by atoms with E-state index in [4.69, 9.17) is 4.74 Å². The van der Waals surface area contributed by atoms with Crippen LogP contribution in [-0.2, 0) is 11.2 Å². The molecule has 3 heteroatoms. The lowest BCUT2D eigenvalue weighted by Crippen LogP contribution is -2.15. The van der Waals surface area contributed by atoms with E-state index in [-0.39, 0.29) is 11.8 Å². The van der Waals surface area contributed by atoms with E-state index in [1.165, 1.54) is 5.56 Å². The van der Waals surface area contributed by atoms with Gasteiger partial charge in [0.2, 0.25) is 5.91 Å². The number of benzene rings is 2. The Kier molecular flexibility index (Phi) is 4.37. The van der Waals surface area contributed by atoms with Gasteiger partial charge in [-0.2, -0.15) is 0 Å². The highest BCUT2D eigenvalue weighted by Gasteiger charge is 2.32. The minimum absolute atomic E-state index is 0.0824. The molecule has 0 aliphatic carbocycles. The standard InChI is InChI=1S/C20H23NO2/c1-4-9-23-18-8-6-5-7-15(18)12-17-16-11-13(2)10-14(3)19(16)21-20(17)22/h5-8,10-11,17H,4,9,12H2,1-3H3,(H,21,22)/t17-/m1/s1. The molecule has 1 N–H and O–H groups in total. The lowest BCUT2D eigenvalue weighted by molar-refractivity contribution is -0.117. The molecule has 1 atom stereocenters. The summed E-state index contributed by atoms with van der Waals surface area (Å²) in [5.41, 5.74) is 5.51. The summed E-state index contributed by atoms with van der Waals surface area (Å²) in [7, 11) is 0. The van der Waals surface area contributed by atoms with Crippen molar-refractivity contribution in [3.05, 3.63) is 58.7 Å². The summed E-state index contributed by atoms with van der Waals surface area (Å²) in [6, 6.07) is 12.3. The highest BCUT2D eigenvalue weighted by atomic mass is 16.5. The summed E-state index contributed by atoms with van der Waals surface area (Å²) in [6.07, 6.45) is 1.64. The number of rotatable bonds is 5. The van der Waals surface area contributed by atoms with Gasteiger partial charge in [0.05, 0.1) is 12.5 Å². The van der Waals surface area contributed by atoms with E-state index in [0.29, 0.717) is 13.0 Å². The molecule has 3 nitrogen and oxygen atoms in total. The molecule has 0 saturated heterocycles. The molecule has 0 spiro atoms. The van der Waals surface area contributed by atoms with Gasteiger partial charge in [0.1, 0.15) is 5.75 Å². The zero-order valence-corrected chi connectivity index (χ0v) is 14.0. The van der Waals surface area contributed by atoms with E-state index in [2.05, 4.69) is 37.4 Å². The Morgan fingerprint density at radius 2 is 1.96 bits per heavy atom. The van der Waals surface area contributed by atoms with Crippen LogP contribution in [0.4, 0.5) is 5.69 Å². The van der Waals surface area contributed by atoms with Crippen LogP contribution in [0.2, 0.25) is 0 Å². The number of hydrogen-bond donors (Lipinski definition) is 1. The number of ether oxygens (including phenoxy) is 1. The van der Waals surface area contributed by atoms with E-state index < -0.39 is 0 Å². The van der Waals surface area contributed by atoms with Crippen molar-refractivity contribution < 1.29 is 9.53 Å². The number of anilines is 1. The van der Waals surface area contributed by atoms with Crippen LogP contribution in [0.1, 0.15) is 41.5 Å². The number of amides is 1. The van der Waals surface area contributed by atoms with E-state index in [1.807, 2.05) is 25.1 Å². The molecule has 1 amide bonds. The summed E-state index contributed by atoms with van der Waals surface area (Å²) >= 11 is 0. The lowest BCUT2D eigenvalue weighted by atomic mass is 9.91. The van der Waals surface area contributed by atoms with Crippen LogP contribution in [0.3, 0.4) is 0 Å². The Hall–Kier alpha value is -2.29. The Bertz CT molecular complexity index is 736. The van der Waals surface area contributed by atoms with Crippen LogP contribution in [-0.4, -0.2) is 12.5 Å². The summed E-state index contributed by atoms with van der Waals surface area (Å²) in [4.78, 5) is 12.5. The average molecular weight is 309 g/mol. The highest BCUT2D eigenvalue weighted by Crippen LogP contribution is 2.39. The van der Waals surface area contributed by atoms with Gasteiger partial charge in [0.25, 0.3) is 0 Å². The van der Waals surface area contributed by atoms with Crippen molar-refractivity contribution in [2.45, 2.75) is 39.5 Å². The van der Waals surface area contributed by atoms with Crippen molar-refractivity contribution in [3.8, 4) is 5.75 Å². The van der Waals surface area contributed by atoms with Gasteiger partial charge in [0, 0.05) is 5.69 Å². The molecule has 0 bridgehead atoms. The molecule has 23 heavy (non-hydrogen) atoms.